The van der Waals surface area contributed by atoms with Crippen molar-refractivity contribution >= 4 is 12.4 Å². The monoisotopic (exact) mass is 731 g/mol. The highest BCUT2D eigenvalue weighted by molar-refractivity contribution is 5.85. The van der Waals surface area contributed by atoms with Crippen molar-refractivity contribution in [2.45, 2.75) is 158 Å². The SMILES string of the molecule is CC[N+](CC)(CC)CCCC(CCC[N+](CC)(CC)CC)c1cc(C)c2c(c1)C=[N+]1C(C)(C)C[N+]3=Cc4cc(C(C)(C)C)cc(C(C)(C)C)c4OC31O2. The van der Waals surface area contributed by atoms with Crippen LogP contribution in [-0.4, -0.2) is 101 Å². The van der Waals surface area contributed by atoms with E-state index in [9.17, 15) is 0 Å². The van der Waals surface area contributed by atoms with E-state index < -0.39 is 6.03 Å². The van der Waals surface area contributed by atoms with E-state index in [0.717, 1.165) is 23.6 Å². The number of quaternary nitrogens is 2. The third-order valence-electron chi connectivity index (χ3n) is 13.9. The first-order valence-corrected chi connectivity index (χ1v) is 21.4. The van der Waals surface area contributed by atoms with Gasteiger partial charge in [-0.25, -0.2) is 0 Å². The van der Waals surface area contributed by atoms with Crippen molar-refractivity contribution in [3.8, 4) is 11.5 Å². The highest BCUT2D eigenvalue weighted by Gasteiger charge is 2.75. The van der Waals surface area contributed by atoms with E-state index in [0.29, 0.717) is 5.92 Å². The zero-order chi connectivity index (χ0) is 39.2. The van der Waals surface area contributed by atoms with E-state index in [4.69, 9.17) is 9.47 Å². The highest BCUT2D eigenvalue weighted by atomic mass is 16.7. The summed E-state index contributed by atoms with van der Waals surface area (Å²) in [6.07, 6.45) is 9.67. The third-order valence-corrected chi connectivity index (χ3v) is 13.9. The van der Waals surface area contributed by atoms with Crippen LogP contribution in [0.15, 0.2) is 24.3 Å². The molecule has 0 amide bonds. The molecule has 2 aromatic carbocycles. The molecule has 1 fully saturated rings. The molecule has 0 aliphatic carbocycles. The zero-order valence-electron chi connectivity index (χ0n) is 36.8. The van der Waals surface area contributed by atoms with E-state index in [1.54, 1.807) is 0 Å². The van der Waals surface area contributed by atoms with Crippen molar-refractivity contribution < 1.29 is 27.6 Å². The van der Waals surface area contributed by atoms with Crippen LogP contribution in [0.5, 0.6) is 11.5 Å². The van der Waals surface area contributed by atoms with Gasteiger partial charge in [-0.05, 0) is 120 Å². The summed E-state index contributed by atoms with van der Waals surface area (Å²) in [5.41, 5.74) is 7.29. The average molecular weight is 731 g/mol. The molecule has 53 heavy (non-hydrogen) atoms. The lowest BCUT2D eigenvalue weighted by molar-refractivity contribution is -0.923. The van der Waals surface area contributed by atoms with Crippen LogP contribution in [0.4, 0.5) is 0 Å². The Kier molecular flexibility index (Phi) is 11.8. The maximum Gasteiger partial charge on any atom is 0.704 e. The molecule has 0 saturated carbocycles. The van der Waals surface area contributed by atoms with Gasteiger partial charge in [0.2, 0.25) is 12.1 Å². The molecular weight excluding hydrogens is 653 g/mol. The van der Waals surface area contributed by atoms with Crippen LogP contribution in [0.2, 0.25) is 0 Å². The number of nitrogens with zero attached hydrogens (tertiary/aromatic N) is 4. The molecule has 1 atom stereocenters. The lowest BCUT2D eigenvalue weighted by atomic mass is 9.79. The minimum atomic E-state index is -1.07. The topological polar surface area (TPSA) is 24.5 Å². The molecule has 5 rings (SSSR count). The molecule has 0 radical (unpaired) electrons. The number of fused-ring (bicyclic) bond motifs is 2. The number of aryl methyl sites for hydroxylation is 1. The summed E-state index contributed by atoms with van der Waals surface area (Å²) < 4.78 is 21.7. The molecular formula is C47H78N4O2+4. The van der Waals surface area contributed by atoms with Crippen molar-refractivity contribution in [2.75, 3.05) is 58.9 Å². The van der Waals surface area contributed by atoms with E-state index in [2.05, 4.69) is 150 Å². The zero-order valence-corrected chi connectivity index (χ0v) is 36.8. The van der Waals surface area contributed by atoms with E-state index >= 15 is 0 Å². The molecule has 3 aliphatic heterocycles. The third kappa shape index (κ3) is 7.88. The summed E-state index contributed by atoms with van der Waals surface area (Å²) in [4.78, 5) is 0. The molecule has 3 heterocycles. The molecule has 3 aliphatic rings. The Morgan fingerprint density at radius 2 is 1.19 bits per heavy atom. The summed E-state index contributed by atoms with van der Waals surface area (Å²) >= 11 is 0. The van der Waals surface area contributed by atoms with Crippen LogP contribution in [-0.2, 0) is 10.8 Å². The van der Waals surface area contributed by atoms with Crippen molar-refractivity contribution in [3.63, 3.8) is 0 Å². The molecule has 1 unspecified atom stereocenters. The summed E-state index contributed by atoms with van der Waals surface area (Å²) in [7, 11) is 0. The largest absolute Gasteiger partial charge is 0.704 e. The predicted molar refractivity (Wildman–Crippen MR) is 224 cm³/mol. The lowest BCUT2D eigenvalue weighted by Gasteiger charge is -2.37. The number of hydrogen-bond donors (Lipinski definition) is 0. The van der Waals surface area contributed by atoms with Gasteiger partial charge < -0.3 is 18.4 Å². The minimum absolute atomic E-state index is 0.0313. The number of rotatable bonds is 15. The van der Waals surface area contributed by atoms with Gasteiger partial charge in [-0.3, -0.25) is 0 Å². The second-order valence-electron chi connectivity index (χ2n) is 19.5. The Bertz CT molecular complexity index is 1650. The first-order chi connectivity index (χ1) is 24.8. The fraction of sp³-hybridized carbons (Fsp3) is 0.702. The van der Waals surface area contributed by atoms with Gasteiger partial charge >= 0.3 is 6.03 Å². The van der Waals surface area contributed by atoms with E-state index in [-0.39, 0.29) is 16.4 Å². The molecule has 2 aromatic rings. The van der Waals surface area contributed by atoms with Crippen molar-refractivity contribution in [3.05, 3.63) is 57.6 Å². The molecule has 1 saturated heterocycles. The number of benzene rings is 2. The summed E-state index contributed by atoms with van der Waals surface area (Å²) in [6, 6.07) is 8.56. The normalized spacial score (nSPS) is 19.5. The highest BCUT2D eigenvalue weighted by Crippen LogP contribution is 2.47. The summed E-state index contributed by atoms with van der Waals surface area (Å²) in [6.45, 7) is 45.5. The fourth-order valence-corrected chi connectivity index (χ4v) is 9.57. The Balaban J connectivity index is 1.55. The maximum absolute atomic E-state index is 7.30. The lowest BCUT2D eigenvalue weighted by Crippen LogP contribution is -2.61. The van der Waals surface area contributed by atoms with Crippen LogP contribution < -0.4 is 9.47 Å². The van der Waals surface area contributed by atoms with Gasteiger partial charge in [0, 0.05) is 19.4 Å². The van der Waals surface area contributed by atoms with Crippen LogP contribution in [0.25, 0.3) is 0 Å². The van der Waals surface area contributed by atoms with Crippen LogP contribution in [0, 0.1) is 6.92 Å². The molecule has 0 aromatic heterocycles. The Morgan fingerprint density at radius 1 is 0.679 bits per heavy atom. The van der Waals surface area contributed by atoms with Gasteiger partial charge in [0.15, 0.2) is 23.9 Å². The molecule has 6 nitrogen and oxygen atoms in total. The van der Waals surface area contributed by atoms with Crippen LogP contribution in [0.1, 0.15) is 162 Å². The minimum Gasteiger partial charge on any atom is -0.340 e. The quantitative estimate of drug-likeness (QED) is 0.135. The predicted octanol–water partition coefficient (Wildman–Crippen LogP) is 9.74. The summed E-state index contributed by atoms with van der Waals surface area (Å²) in [5.74, 6) is 2.42. The standard InChI is InChI=1S/C47H78N4O2/c1-16-50(17-2,18-3)26-22-24-36(25-23-27-51(19-4,20-5)21-6)37-28-35(7)42-38(29-37)33-49-46(14,15)34-48-32-39-30-40(44(8,9)10)31-41(45(11,12)13)43(39)53-47(48,49)52-42/h28-33,36H,16-27,34H2,1-15H3/q+4. The van der Waals surface area contributed by atoms with Crippen molar-refractivity contribution in [1.29, 1.82) is 0 Å². The van der Waals surface area contributed by atoms with Crippen molar-refractivity contribution in [2.24, 2.45) is 0 Å². The molecule has 1 spiro atoms. The molecule has 0 N–H and O–H groups in total. The van der Waals surface area contributed by atoms with Crippen LogP contribution >= 0.6 is 0 Å². The van der Waals surface area contributed by atoms with Gasteiger partial charge in [0.25, 0.3) is 0 Å². The second-order valence-corrected chi connectivity index (χ2v) is 19.5. The first kappa shape index (κ1) is 41.5. The smallest absolute Gasteiger partial charge is 0.340 e. The van der Waals surface area contributed by atoms with Crippen LogP contribution in [0.3, 0.4) is 0 Å². The van der Waals surface area contributed by atoms with Gasteiger partial charge in [-0.1, -0.05) is 62.8 Å². The maximum atomic E-state index is 7.30. The average Bonchev–Trinajstić information content (AvgIpc) is 3.33. The number of hydrogen-bond acceptors (Lipinski definition) is 2. The molecule has 6 heteroatoms. The molecule has 0 bridgehead atoms. The van der Waals surface area contributed by atoms with E-state index in [1.807, 2.05) is 0 Å². The summed E-state index contributed by atoms with van der Waals surface area (Å²) in [5, 5.41) is 0. The van der Waals surface area contributed by atoms with Gasteiger partial charge in [-0.2, -0.15) is 0 Å². The van der Waals surface area contributed by atoms with Gasteiger partial charge in [-0.15, -0.1) is 0 Å². The Morgan fingerprint density at radius 3 is 1.68 bits per heavy atom. The molecule has 294 valence electrons. The van der Waals surface area contributed by atoms with Gasteiger partial charge in [0.05, 0.1) is 63.5 Å². The number of ether oxygens (including phenoxy) is 2. The van der Waals surface area contributed by atoms with E-state index in [1.165, 1.54) is 115 Å². The second kappa shape index (κ2) is 15.1. The fourth-order valence-electron chi connectivity index (χ4n) is 9.57. The Hall–Kier alpha value is -2.70. The van der Waals surface area contributed by atoms with Crippen molar-refractivity contribution in [1.82, 2.24) is 0 Å². The first-order valence-electron chi connectivity index (χ1n) is 21.4. The Labute approximate surface area is 325 Å². The van der Waals surface area contributed by atoms with Gasteiger partial charge in [0.1, 0.15) is 0 Å².